The smallest absolute Gasteiger partial charge is 0.330 e. The summed E-state index contributed by atoms with van der Waals surface area (Å²) in [5.74, 6) is -0.673. The minimum atomic E-state index is -1.01. The van der Waals surface area contributed by atoms with E-state index in [9.17, 15) is 9.59 Å². The second-order valence-electron chi connectivity index (χ2n) is 2.25. The first-order chi connectivity index (χ1) is 5.65. The minimum Gasteiger partial charge on any atom is -0.478 e. The summed E-state index contributed by atoms with van der Waals surface area (Å²) >= 11 is 1.27. The number of hydrogen-bond donors (Lipinski definition) is 1. The summed E-state index contributed by atoms with van der Waals surface area (Å²) in [6.45, 7) is 2.35. The van der Waals surface area contributed by atoms with E-state index in [2.05, 4.69) is 0 Å². The Hall–Kier alpha value is -0.970. The van der Waals surface area contributed by atoms with Crippen LogP contribution in [0, 0.1) is 0 Å². The van der Waals surface area contributed by atoms with Gasteiger partial charge >= 0.3 is 5.97 Å². The lowest BCUT2D eigenvalue weighted by atomic mass is 10.5. The lowest BCUT2D eigenvalue weighted by Gasteiger charge is -2.12. The molecule has 0 unspecified atom stereocenters. The zero-order chi connectivity index (χ0) is 9.14. The van der Waals surface area contributed by atoms with Crippen molar-refractivity contribution in [1.29, 1.82) is 0 Å². The molecule has 0 spiro atoms. The molecule has 1 fully saturated rings. The van der Waals surface area contributed by atoms with Crippen LogP contribution in [0.2, 0.25) is 0 Å². The minimum absolute atomic E-state index is 0.0185. The summed E-state index contributed by atoms with van der Waals surface area (Å²) in [7, 11) is 0. The number of nitrogens with zero attached hydrogens (tertiary/aromatic N) is 1. The Labute approximate surface area is 74.2 Å². The van der Waals surface area contributed by atoms with Gasteiger partial charge in [0.15, 0.2) is 0 Å². The molecule has 5 heteroatoms. The van der Waals surface area contributed by atoms with Crippen molar-refractivity contribution < 1.29 is 14.7 Å². The molecule has 1 aliphatic heterocycles. The summed E-state index contributed by atoms with van der Waals surface area (Å²) in [4.78, 5) is 22.8. The maximum atomic E-state index is 11.1. The van der Waals surface area contributed by atoms with Gasteiger partial charge in [-0.05, 0) is 6.92 Å². The topological polar surface area (TPSA) is 57.6 Å². The molecule has 0 saturated carbocycles. The Kier molecular flexibility index (Phi) is 2.75. The number of carbonyl (C=O) groups excluding carboxylic acids is 1. The van der Waals surface area contributed by atoms with Gasteiger partial charge in [0, 0.05) is 6.54 Å². The third-order valence-electron chi connectivity index (χ3n) is 1.47. The van der Waals surface area contributed by atoms with Crippen molar-refractivity contribution in [2.45, 2.75) is 6.92 Å². The molecule has 0 aliphatic carbocycles. The van der Waals surface area contributed by atoms with Crippen molar-refractivity contribution in [1.82, 2.24) is 4.90 Å². The fourth-order valence-electron chi connectivity index (χ4n) is 0.972. The lowest BCUT2D eigenvalue weighted by Crippen LogP contribution is -2.24. The van der Waals surface area contributed by atoms with Gasteiger partial charge in [-0.3, -0.25) is 4.79 Å². The van der Waals surface area contributed by atoms with Crippen molar-refractivity contribution in [3.8, 4) is 0 Å². The maximum absolute atomic E-state index is 11.1. The largest absolute Gasteiger partial charge is 0.478 e. The van der Waals surface area contributed by atoms with E-state index in [0.717, 1.165) is 6.08 Å². The molecular formula is C7H9NO3S. The third kappa shape index (κ3) is 1.79. The molecule has 1 heterocycles. The Morgan fingerprint density at radius 2 is 2.50 bits per heavy atom. The van der Waals surface area contributed by atoms with Crippen LogP contribution in [0.4, 0.5) is 0 Å². The van der Waals surface area contributed by atoms with Crippen LogP contribution in [-0.2, 0) is 9.59 Å². The number of carbonyl (C=O) groups is 2. The van der Waals surface area contributed by atoms with E-state index in [1.807, 2.05) is 6.92 Å². The molecule has 66 valence electrons. The zero-order valence-corrected chi connectivity index (χ0v) is 7.43. The van der Waals surface area contributed by atoms with E-state index in [0.29, 0.717) is 17.3 Å². The van der Waals surface area contributed by atoms with Gasteiger partial charge in [-0.2, -0.15) is 0 Å². The Morgan fingerprint density at radius 1 is 1.83 bits per heavy atom. The molecule has 1 aliphatic rings. The van der Waals surface area contributed by atoms with Crippen LogP contribution >= 0.6 is 11.8 Å². The fraction of sp³-hybridized carbons (Fsp3) is 0.429. The average molecular weight is 187 g/mol. The van der Waals surface area contributed by atoms with Crippen LogP contribution < -0.4 is 0 Å². The molecule has 1 amide bonds. The molecule has 1 rings (SSSR count). The van der Waals surface area contributed by atoms with E-state index in [1.54, 1.807) is 0 Å². The summed E-state index contributed by atoms with van der Waals surface area (Å²) in [5, 5.41) is 8.98. The molecular weight excluding hydrogens is 178 g/mol. The van der Waals surface area contributed by atoms with Gasteiger partial charge in [0.05, 0.1) is 16.9 Å². The predicted octanol–water partition coefficient (Wildman–Crippen LogP) is 0.508. The molecule has 0 radical (unpaired) electrons. The summed E-state index contributed by atoms with van der Waals surface area (Å²) < 4.78 is 0. The Balaban J connectivity index is 2.79. The number of hydrogen-bond acceptors (Lipinski definition) is 3. The third-order valence-corrected chi connectivity index (χ3v) is 2.50. The van der Waals surface area contributed by atoms with Crippen LogP contribution in [-0.4, -0.2) is 34.2 Å². The van der Waals surface area contributed by atoms with E-state index in [4.69, 9.17) is 5.11 Å². The SMILES string of the molecule is CCN1C(=O)CSC1=CC(=O)O. The zero-order valence-electron chi connectivity index (χ0n) is 6.61. The van der Waals surface area contributed by atoms with Crippen molar-refractivity contribution in [2.24, 2.45) is 0 Å². The van der Waals surface area contributed by atoms with E-state index >= 15 is 0 Å². The lowest BCUT2D eigenvalue weighted by molar-refractivity contribution is -0.131. The van der Waals surface area contributed by atoms with Gasteiger partial charge in [0.2, 0.25) is 5.91 Å². The van der Waals surface area contributed by atoms with Crippen LogP contribution in [0.1, 0.15) is 6.92 Å². The summed E-state index contributed by atoms with van der Waals surface area (Å²) in [6, 6.07) is 0. The van der Waals surface area contributed by atoms with Crippen LogP contribution in [0.5, 0.6) is 0 Å². The van der Waals surface area contributed by atoms with Crippen LogP contribution in [0.15, 0.2) is 11.1 Å². The Bertz CT molecular complexity index is 249. The monoisotopic (exact) mass is 187 g/mol. The summed E-state index contributed by atoms with van der Waals surface area (Å²) in [5.41, 5.74) is 0. The van der Waals surface area contributed by atoms with Gasteiger partial charge in [-0.1, -0.05) is 11.8 Å². The van der Waals surface area contributed by atoms with Crippen molar-refractivity contribution in [2.75, 3.05) is 12.3 Å². The van der Waals surface area contributed by atoms with Gasteiger partial charge in [-0.25, -0.2) is 4.79 Å². The van der Waals surface area contributed by atoms with Crippen LogP contribution in [0.3, 0.4) is 0 Å². The van der Waals surface area contributed by atoms with E-state index in [1.165, 1.54) is 16.7 Å². The molecule has 1 saturated heterocycles. The van der Waals surface area contributed by atoms with Gasteiger partial charge in [-0.15, -0.1) is 0 Å². The molecule has 4 nitrogen and oxygen atoms in total. The maximum Gasteiger partial charge on any atom is 0.330 e. The number of amides is 1. The van der Waals surface area contributed by atoms with Crippen molar-refractivity contribution in [3.63, 3.8) is 0 Å². The van der Waals surface area contributed by atoms with Crippen molar-refractivity contribution in [3.05, 3.63) is 11.1 Å². The first-order valence-electron chi connectivity index (χ1n) is 3.53. The molecule has 0 aromatic carbocycles. The second kappa shape index (κ2) is 3.62. The van der Waals surface area contributed by atoms with Gasteiger partial charge in [0.1, 0.15) is 0 Å². The second-order valence-corrected chi connectivity index (χ2v) is 3.24. The first kappa shape index (κ1) is 9.12. The van der Waals surface area contributed by atoms with E-state index < -0.39 is 5.97 Å². The highest BCUT2D eigenvalue weighted by atomic mass is 32.2. The summed E-state index contributed by atoms with van der Waals surface area (Å²) in [6.07, 6.45) is 1.07. The quantitative estimate of drug-likeness (QED) is 0.640. The predicted molar refractivity (Wildman–Crippen MR) is 45.6 cm³/mol. The fourth-order valence-corrected chi connectivity index (χ4v) is 1.97. The number of rotatable bonds is 2. The molecule has 0 atom stereocenters. The highest BCUT2D eigenvalue weighted by molar-refractivity contribution is 8.04. The molecule has 0 aromatic rings. The standard InChI is InChI=1S/C7H9NO3S/c1-2-8-5(9)4-12-6(8)3-7(10)11/h3H,2,4H2,1H3,(H,10,11). The number of carboxylic acid groups (broad SMARTS) is 1. The highest BCUT2D eigenvalue weighted by Gasteiger charge is 2.25. The molecule has 12 heavy (non-hydrogen) atoms. The normalized spacial score (nSPS) is 20.6. The first-order valence-corrected chi connectivity index (χ1v) is 4.51. The number of thioether (sulfide) groups is 1. The molecule has 1 N–H and O–H groups in total. The van der Waals surface area contributed by atoms with Gasteiger partial charge in [0.25, 0.3) is 0 Å². The molecule has 0 bridgehead atoms. The van der Waals surface area contributed by atoms with Crippen LogP contribution in [0.25, 0.3) is 0 Å². The number of aliphatic carboxylic acids is 1. The Morgan fingerprint density at radius 3 is 3.00 bits per heavy atom. The molecule has 0 aromatic heterocycles. The number of carboxylic acids is 1. The van der Waals surface area contributed by atoms with E-state index in [-0.39, 0.29) is 5.91 Å². The van der Waals surface area contributed by atoms with Crippen molar-refractivity contribution >= 4 is 23.6 Å². The van der Waals surface area contributed by atoms with Gasteiger partial charge < -0.3 is 10.0 Å². The highest BCUT2D eigenvalue weighted by Crippen LogP contribution is 2.27. The average Bonchev–Trinajstić information content (AvgIpc) is 2.30.